The second kappa shape index (κ2) is 11.1. The SMILES string of the molecule is CCCCNC(=NCc1ccc(C)cc1)NCCCN(C)C. The number of hydrogen-bond donors (Lipinski definition) is 2. The lowest BCUT2D eigenvalue weighted by molar-refractivity contribution is 0.399. The van der Waals surface area contributed by atoms with Gasteiger partial charge < -0.3 is 15.5 Å². The van der Waals surface area contributed by atoms with Gasteiger partial charge in [0, 0.05) is 13.1 Å². The van der Waals surface area contributed by atoms with Gasteiger partial charge in [-0.1, -0.05) is 43.2 Å². The molecule has 0 amide bonds. The minimum atomic E-state index is 0.718. The minimum Gasteiger partial charge on any atom is -0.356 e. The zero-order chi connectivity index (χ0) is 16.2. The Bertz CT molecular complexity index is 423. The van der Waals surface area contributed by atoms with Gasteiger partial charge in [-0.15, -0.1) is 0 Å². The van der Waals surface area contributed by atoms with Crippen LogP contribution in [0, 0.1) is 6.92 Å². The predicted molar refractivity (Wildman–Crippen MR) is 96.4 cm³/mol. The van der Waals surface area contributed by atoms with Crippen molar-refractivity contribution in [1.82, 2.24) is 15.5 Å². The smallest absolute Gasteiger partial charge is 0.191 e. The lowest BCUT2D eigenvalue weighted by Crippen LogP contribution is -2.39. The number of aliphatic imine (C=N–C) groups is 1. The van der Waals surface area contributed by atoms with Crippen molar-refractivity contribution in [3.8, 4) is 0 Å². The summed E-state index contributed by atoms with van der Waals surface area (Å²) in [6, 6.07) is 8.57. The van der Waals surface area contributed by atoms with Crippen LogP contribution in [-0.4, -0.2) is 44.6 Å². The maximum atomic E-state index is 4.69. The van der Waals surface area contributed by atoms with Gasteiger partial charge in [0.05, 0.1) is 6.54 Å². The van der Waals surface area contributed by atoms with Gasteiger partial charge in [0.2, 0.25) is 0 Å². The molecule has 4 heteroatoms. The number of guanidine groups is 1. The fourth-order valence-electron chi connectivity index (χ4n) is 2.02. The monoisotopic (exact) mass is 304 g/mol. The Kier molecular flexibility index (Phi) is 9.31. The Labute approximate surface area is 136 Å². The first-order chi connectivity index (χ1) is 10.6. The van der Waals surface area contributed by atoms with E-state index < -0.39 is 0 Å². The summed E-state index contributed by atoms with van der Waals surface area (Å²) in [5.74, 6) is 0.924. The molecule has 0 aliphatic carbocycles. The molecule has 124 valence electrons. The summed E-state index contributed by atoms with van der Waals surface area (Å²) in [5.41, 5.74) is 2.53. The van der Waals surface area contributed by atoms with E-state index in [-0.39, 0.29) is 0 Å². The minimum absolute atomic E-state index is 0.718. The van der Waals surface area contributed by atoms with Gasteiger partial charge in [-0.25, -0.2) is 4.99 Å². The van der Waals surface area contributed by atoms with Crippen molar-refractivity contribution >= 4 is 5.96 Å². The molecular formula is C18H32N4. The quantitative estimate of drug-likeness (QED) is 0.419. The molecule has 0 aromatic heterocycles. The van der Waals surface area contributed by atoms with E-state index in [2.05, 4.69) is 67.7 Å². The van der Waals surface area contributed by atoms with Gasteiger partial charge in [-0.2, -0.15) is 0 Å². The molecule has 0 spiro atoms. The predicted octanol–water partition coefficient (Wildman–Crippen LogP) is 2.78. The maximum absolute atomic E-state index is 4.69. The van der Waals surface area contributed by atoms with Crippen LogP contribution < -0.4 is 10.6 Å². The standard InChI is InChI=1S/C18H32N4/c1-5-6-12-19-18(20-13-7-14-22(3)4)21-15-17-10-8-16(2)9-11-17/h8-11H,5-7,12-15H2,1-4H3,(H2,19,20,21). The fraction of sp³-hybridized carbons (Fsp3) is 0.611. The van der Waals surface area contributed by atoms with Gasteiger partial charge >= 0.3 is 0 Å². The summed E-state index contributed by atoms with van der Waals surface area (Å²) in [6.07, 6.45) is 3.48. The zero-order valence-corrected chi connectivity index (χ0v) is 14.7. The summed E-state index contributed by atoms with van der Waals surface area (Å²) in [5, 5.41) is 6.84. The summed E-state index contributed by atoms with van der Waals surface area (Å²) in [7, 11) is 4.21. The van der Waals surface area contributed by atoms with E-state index in [0.717, 1.165) is 38.6 Å². The van der Waals surface area contributed by atoms with Crippen LogP contribution >= 0.6 is 0 Å². The molecule has 4 nitrogen and oxygen atoms in total. The van der Waals surface area contributed by atoms with Crippen LogP contribution in [0.5, 0.6) is 0 Å². The summed E-state index contributed by atoms with van der Waals surface area (Å²) >= 11 is 0. The van der Waals surface area contributed by atoms with Crippen LogP contribution in [-0.2, 0) is 6.54 Å². The third-order valence-corrected chi connectivity index (χ3v) is 3.44. The van der Waals surface area contributed by atoms with Crippen LogP contribution in [0.2, 0.25) is 0 Å². The van der Waals surface area contributed by atoms with Crippen molar-refractivity contribution in [3.05, 3.63) is 35.4 Å². The van der Waals surface area contributed by atoms with Crippen molar-refractivity contribution in [2.45, 2.75) is 39.7 Å². The molecule has 0 bridgehead atoms. The average Bonchev–Trinajstić information content (AvgIpc) is 2.50. The van der Waals surface area contributed by atoms with Gasteiger partial charge in [0.15, 0.2) is 5.96 Å². The third kappa shape index (κ3) is 8.67. The molecule has 0 aliphatic heterocycles. The molecule has 22 heavy (non-hydrogen) atoms. The van der Waals surface area contributed by atoms with Gasteiger partial charge in [0.25, 0.3) is 0 Å². The number of aryl methyl sites for hydroxylation is 1. The molecule has 1 rings (SSSR count). The van der Waals surface area contributed by atoms with Gasteiger partial charge in [-0.05, 0) is 46.0 Å². The summed E-state index contributed by atoms with van der Waals surface area (Å²) in [4.78, 5) is 6.90. The average molecular weight is 304 g/mol. The lowest BCUT2D eigenvalue weighted by Gasteiger charge is -2.14. The van der Waals surface area contributed by atoms with Crippen LogP contribution in [0.1, 0.15) is 37.3 Å². The highest BCUT2D eigenvalue weighted by molar-refractivity contribution is 5.79. The Balaban J connectivity index is 2.47. The lowest BCUT2D eigenvalue weighted by atomic mass is 10.1. The molecular weight excluding hydrogens is 272 g/mol. The molecule has 0 aliphatic rings. The molecule has 1 aromatic rings. The first kappa shape index (κ1) is 18.5. The number of unbranched alkanes of at least 4 members (excludes halogenated alkanes) is 1. The molecule has 0 saturated carbocycles. The van der Waals surface area contributed by atoms with Crippen LogP contribution in [0.3, 0.4) is 0 Å². The molecule has 0 atom stereocenters. The Morgan fingerprint density at radius 2 is 1.68 bits per heavy atom. The fourth-order valence-corrected chi connectivity index (χ4v) is 2.02. The van der Waals surface area contributed by atoms with E-state index >= 15 is 0 Å². The number of rotatable bonds is 9. The topological polar surface area (TPSA) is 39.7 Å². The van der Waals surface area contributed by atoms with E-state index in [1.165, 1.54) is 24.0 Å². The zero-order valence-electron chi connectivity index (χ0n) is 14.7. The van der Waals surface area contributed by atoms with Crippen LogP contribution in [0.25, 0.3) is 0 Å². The third-order valence-electron chi connectivity index (χ3n) is 3.44. The number of nitrogens with one attached hydrogen (secondary N) is 2. The summed E-state index contributed by atoms with van der Waals surface area (Å²) in [6.45, 7) is 8.04. The second-order valence-electron chi connectivity index (χ2n) is 6.01. The van der Waals surface area contributed by atoms with E-state index in [4.69, 9.17) is 4.99 Å². The van der Waals surface area contributed by atoms with Gasteiger partial charge in [0.1, 0.15) is 0 Å². The summed E-state index contributed by atoms with van der Waals surface area (Å²) < 4.78 is 0. The Morgan fingerprint density at radius 1 is 1.05 bits per heavy atom. The largest absolute Gasteiger partial charge is 0.356 e. The number of benzene rings is 1. The Hall–Kier alpha value is -1.55. The Morgan fingerprint density at radius 3 is 2.27 bits per heavy atom. The first-order valence-corrected chi connectivity index (χ1v) is 8.34. The van der Waals surface area contributed by atoms with Gasteiger partial charge in [-0.3, -0.25) is 0 Å². The van der Waals surface area contributed by atoms with Crippen molar-refractivity contribution in [3.63, 3.8) is 0 Å². The second-order valence-corrected chi connectivity index (χ2v) is 6.01. The van der Waals surface area contributed by atoms with E-state index in [0.29, 0.717) is 0 Å². The van der Waals surface area contributed by atoms with Crippen molar-refractivity contribution in [2.75, 3.05) is 33.7 Å². The molecule has 0 saturated heterocycles. The highest BCUT2D eigenvalue weighted by Gasteiger charge is 1.99. The molecule has 0 fully saturated rings. The highest BCUT2D eigenvalue weighted by atomic mass is 15.2. The van der Waals surface area contributed by atoms with E-state index in [1.54, 1.807) is 0 Å². The molecule has 1 aromatic carbocycles. The number of nitrogens with zero attached hydrogens (tertiary/aromatic N) is 2. The van der Waals surface area contributed by atoms with Crippen molar-refractivity contribution in [2.24, 2.45) is 4.99 Å². The molecule has 0 heterocycles. The number of hydrogen-bond acceptors (Lipinski definition) is 2. The van der Waals surface area contributed by atoms with Crippen LogP contribution in [0.15, 0.2) is 29.3 Å². The van der Waals surface area contributed by atoms with E-state index in [9.17, 15) is 0 Å². The first-order valence-electron chi connectivity index (χ1n) is 8.34. The van der Waals surface area contributed by atoms with Crippen LogP contribution in [0.4, 0.5) is 0 Å². The maximum Gasteiger partial charge on any atom is 0.191 e. The van der Waals surface area contributed by atoms with Crippen molar-refractivity contribution < 1.29 is 0 Å². The van der Waals surface area contributed by atoms with E-state index in [1.807, 2.05) is 0 Å². The molecule has 0 unspecified atom stereocenters. The van der Waals surface area contributed by atoms with Crippen molar-refractivity contribution in [1.29, 1.82) is 0 Å². The molecule has 0 radical (unpaired) electrons. The highest BCUT2D eigenvalue weighted by Crippen LogP contribution is 2.04. The molecule has 2 N–H and O–H groups in total. The normalized spacial score (nSPS) is 11.8.